The molecule has 10 rings (SSSR count). The molecule has 0 saturated heterocycles. The molecule has 40 radical (unpaired) electrons. The van der Waals surface area contributed by atoms with Crippen molar-refractivity contribution in [2.45, 2.75) is 0 Å². The van der Waals surface area contributed by atoms with Gasteiger partial charge in [-0.05, 0) is 52.0 Å². The number of rotatable bonds is 8. The predicted molar refractivity (Wildman–Crippen MR) is 337 cm³/mol. The van der Waals surface area contributed by atoms with Crippen molar-refractivity contribution in [2.75, 3.05) is 4.90 Å². The first-order valence-electron chi connectivity index (χ1n) is 22.8. The minimum atomic E-state index is -0.295. The fourth-order valence-corrected chi connectivity index (χ4v) is 9.51. The maximum Gasteiger partial charge on any atom is 0.162 e. The average Bonchev–Trinajstić information content (AvgIpc) is 3.90. The molecular formula is C51H14B20N4O. The minimum Gasteiger partial charge on any atom is -0.457 e. The van der Waals surface area contributed by atoms with Crippen molar-refractivity contribution in [3.63, 3.8) is 0 Å². The Hall–Kier alpha value is -6.33. The van der Waals surface area contributed by atoms with Gasteiger partial charge in [0.2, 0.25) is 0 Å². The fourth-order valence-electron chi connectivity index (χ4n) is 9.51. The van der Waals surface area contributed by atoms with Gasteiger partial charge in [-0.2, -0.15) is 0 Å². The van der Waals surface area contributed by atoms with E-state index in [9.17, 15) is 0 Å². The van der Waals surface area contributed by atoms with Crippen LogP contribution in [0.3, 0.4) is 0 Å². The zero-order chi connectivity index (χ0) is 54.7. The summed E-state index contributed by atoms with van der Waals surface area (Å²) in [5, 5.41) is 0.316. The molecule has 2 heterocycles. The van der Waals surface area contributed by atoms with Crippen molar-refractivity contribution in [3.8, 4) is 56.4 Å². The number of benzene rings is 8. The molecule has 0 fully saturated rings. The number of fused-ring (bicyclic) bond motifs is 3. The third kappa shape index (κ3) is 8.19. The monoisotopic (exact) mass is 918 g/mol. The summed E-state index contributed by atoms with van der Waals surface area (Å²) in [7, 11) is 134. The number of anilines is 3. The van der Waals surface area contributed by atoms with Gasteiger partial charge in [-0.3, -0.25) is 0 Å². The van der Waals surface area contributed by atoms with Crippen LogP contribution in [0.15, 0.2) is 89.3 Å². The van der Waals surface area contributed by atoms with Crippen LogP contribution in [-0.2, 0) is 0 Å². The molecule has 8 aromatic carbocycles. The molecule has 25 heteroatoms. The van der Waals surface area contributed by atoms with E-state index in [0.29, 0.717) is 11.4 Å². The summed E-state index contributed by atoms with van der Waals surface area (Å²) in [4.78, 5) is 16.2. The first-order valence-corrected chi connectivity index (χ1v) is 22.8. The molecule has 0 aliphatic carbocycles. The van der Waals surface area contributed by atoms with Crippen molar-refractivity contribution in [1.29, 1.82) is 0 Å². The number of hydrogen-bond donors (Lipinski definition) is 0. The van der Waals surface area contributed by atoms with E-state index in [1.165, 1.54) is 0 Å². The summed E-state index contributed by atoms with van der Waals surface area (Å²) in [6.45, 7) is 0. The third-order valence-corrected chi connectivity index (χ3v) is 13.7. The number of nitrogens with zero attached hydrogens (tertiary/aromatic N) is 4. The van der Waals surface area contributed by atoms with Crippen molar-refractivity contribution in [3.05, 3.63) is 84.9 Å². The van der Waals surface area contributed by atoms with Gasteiger partial charge in [-0.25, -0.2) is 15.0 Å². The van der Waals surface area contributed by atoms with E-state index in [1.54, 1.807) is 0 Å². The average molecular weight is 915 g/mol. The quantitative estimate of drug-likeness (QED) is 0.142. The molecule has 0 bridgehead atoms. The van der Waals surface area contributed by atoms with E-state index in [1.807, 2.05) is 89.8 Å². The van der Waals surface area contributed by atoms with Crippen LogP contribution in [0.25, 0.3) is 78.4 Å². The van der Waals surface area contributed by atoms with Crippen molar-refractivity contribution >= 4 is 305 Å². The molecular weight excluding hydrogens is 901 g/mol. The highest BCUT2D eigenvalue weighted by atomic mass is 16.3. The van der Waals surface area contributed by atoms with Crippen LogP contribution in [-0.4, -0.2) is 172 Å². The molecule has 0 aliphatic rings. The highest BCUT2D eigenvalue weighted by Gasteiger charge is 2.31. The number of aromatic nitrogens is 3. The highest BCUT2D eigenvalue weighted by Crippen LogP contribution is 2.40. The zero-order valence-corrected chi connectivity index (χ0v) is 40.3. The maximum atomic E-state index is 7.61. The molecule has 76 heavy (non-hydrogen) atoms. The first kappa shape index (κ1) is 53.1. The van der Waals surface area contributed by atoms with Gasteiger partial charge in [0.05, 0.1) is 0 Å². The second-order valence-electron chi connectivity index (χ2n) is 17.9. The van der Waals surface area contributed by atoms with Gasteiger partial charge < -0.3 is 9.32 Å². The Balaban J connectivity index is 1.36. The van der Waals surface area contributed by atoms with E-state index in [-0.39, 0.29) is 182 Å². The van der Waals surface area contributed by atoms with Crippen LogP contribution < -0.4 is 114 Å². The van der Waals surface area contributed by atoms with E-state index < -0.39 is 0 Å². The molecule has 0 aliphatic heterocycles. The lowest BCUT2D eigenvalue weighted by Gasteiger charge is -2.32. The SMILES string of the molecule is [B]c1c([B])c([B])c(-c2nc(-c3c([B])c([B])c([B])c([B])c3[B])nc(-c3c([B])c([B])c([B])c(-c4c([B])c(N(c5ccccc5)c5ccc(-c6ccccc6)cc5)c([B])c5oc6c([B])c([B])c([B])c([B])c6c45)c3[B])n2)c([B])c1[B]. The Bertz CT molecular complexity index is 3970. The van der Waals surface area contributed by atoms with E-state index >= 15 is 0 Å². The summed E-state index contributed by atoms with van der Waals surface area (Å²) >= 11 is 0. The van der Waals surface area contributed by atoms with E-state index in [0.717, 1.165) is 11.1 Å². The van der Waals surface area contributed by atoms with Gasteiger partial charge in [0.15, 0.2) is 17.5 Å². The molecule has 0 amide bonds. The Morgan fingerprint density at radius 2 is 0.605 bits per heavy atom. The largest absolute Gasteiger partial charge is 0.457 e. The summed E-state index contributed by atoms with van der Waals surface area (Å²) in [5.74, 6) is -0.818. The summed E-state index contributed by atoms with van der Waals surface area (Å²) < 4.78 is 6.64. The van der Waals surface area contributed by atoms with Crippen LogP contribution >= 0.6 is 0 Å². The van der Waals surface area contributed by atoms with Gasteiger partial charge >= 0.3 is 0 Å². The van der Waals surface area contributed by atoms with E-state index in [2.05, 4.69) is 0 Å². The molecule has 0 unspecified atom stereocenters. The van der Waals surface area contributed by atoms with Crippen LogP contribution in [0.2, 0.25) is 0 Å². The Labute approximate surface area is 467 Å². The Morgan fingerprint density at radius 3 is 1.08 bits per heavy atom. The second kappa shape index (κ2) is 19.9. The van der Waals surface area contributed by atoms with Crippen LogP contribution in [0.1, 0.15) is 0 Å². The third-order valence-electron chi connectivity index (χ3n) is 13.7. The maximum absolute atomic E-state index is 7.61. The van der Waals surface area contributed by atoms with Crippen molar-refractivity contribution in [1.82, 2.24) is 15.0 Å². The Morgan fingerprint density at radius 1 is 0.263 bits per heavy atom. The molecule has 2 aromatic heterocycles. The molecule has 0 N–H and O–H groups in total. The van der Waals surface area contributed by atoms with Crippen molar-refractivity contribution < 1.29 is 4.42 Å². The number of furan rings is 1. The minimum absolute atomic E-state index is 0.0177. The van der Waals surface area contributed by atoms with Gasteiger partial charge in [0, 0.05) is 44.5 Å². The van der Waals surface area contributed by atoms with Gasteiger partial charge in [-0.1, -0.05) is 115 Å². The predicted octanol–water partition coefficient (Wildman–Crippen LogP) is -10.5. The molecule has 0 saturated carbocycles. The smallest absolute Gasteiger partial charge is 0.162 e. The van der Waals surface area contributed by atoms with Crippen LogP contribution in [0.5, 0.6) is 0 Å². The number of hydrogen-bond acceptors (Lipinski definition) is 5. The highest BCUT2D eigenvalue weighted by molar-refractivity contribution is 6.72. The molecule has 10 aromatic rings. The second-order valence-corrected chi connectivity index (χ2v) is 17.9. The molecule has 5 nitrogen and oxygen atoms in total. The molecule has 0 spiro atoms. The van der Waals surface area contributed by atoms with E-state index in [4.69, 9.17) is 176 Å². The summed E-state index contributed by atoms with van der Waals surface area (Å²) in [6.07, 6.45) is 0. The summed E-state index contributed by atoms with van der Waals surface area (Å²) in [5.41, 5.74) is 0.819. The fraction of sp³-hybridized carbons (Fsp3) is 0. The molecule has 304 valence electrons. The normalized spacial score (nSPS) is 11.4. The van der Waals surface area contributed by atoms with Gasteiger partial charge in [-0.15, -0.1) is 49.2 Å². The topological polar surface area (TPSA) is 55.1 Å². The molecule has 0 atom stereocenters. The zero-order valence-electron chi connectivity index (χ0n) is 40.3. The van der Waals surface area contributed by atoms with Crippen molar-refractivity contribution in [2.24, 2.45) is 0 Å². The van der Waals surface area contributed by atoms with Gasteiger partial charge in [0.1, 0.15) is 168 Å². The lowest BCUT2D eigenvalue weighted by molar-refractivity contribution is 0.674. The Kier molecular flexibility index (Phi) is 13.9. The lowest BCUT2D eigenvalue weighted by Crippen LogP contribution is -2.55. The summed E-state index contributed by atoms with van der Waals surface area (Å²) in [6, 6.07) is 26.9. The van der Waals surface area contributed by atoms with Crippen LogP contribution in [0, 0.1) is 0 Å². The standard InChI is InChI=1S/C51H14B20N4O/c52-26-21(27(53)35(61)29(55)23(26)49-72-50(24-30(56)37(63)41(67)38(64)31(24)57)74-51(73-49)25-32(58)39(65)42(68)40(66)33(25)59)19-20-22-28(54)36(62)43(69)44(70)48(22)76-47(20)45(71)46(34(19)60)75(17-9-5-2-6-10-17)18-13-11-16(12-14-18)15-7-3-1-4-8-15/h1-14H. The first-order chi connectivity index (χ1) is 36.1. The van der Waals surface area contributed by atoms with Gasteiger partial charge in [0.25, 0.3) is 0 Å². The lowest BCUT2D eigenvalue weighted by atomic mass is 9.60. The number of para-hydroxylation sites is 1. The van der Waals surface area contributed by atoms with Crippen LogP contribution in [0.4, 0.5) is 17.1 Å².